The number of nitrogens with one attached hydrogen (secondary N) is 1. The highest BCUT2D eigenvalue weighted by atomic mass is 16.5. The number of methoxy groups -OCH3 is 1. The van der Waals surface area contributed by atoms with Gasteiger partial charge in [0.1, 0.15) is 11.4 Å². The van der Waals surface area contributed by atoms with Crippen LogP contribution in [-0.2, 0) is 23.2 Å². The first-order valence-electron chi connectivity index (χ1n) is 10.2. The van der Waals surface area contributed by atoms with Gasteiger partial charge in [0.2, 0.25) is 0 Å². The second-order valence-electron chi connectivity index (χ2n) is 7.54. The summed E-state index contributed by atoms with van der Waals surface area (Å²) >= 11 is 0. The number of aryl methyl sites for hydroxylation is 1. The Bertz CT molecular complexity index is 974. The predicted molar refractivity (Wildman–Crippen MR) is 113 cm³/mol. The Morgan fingerprint density at radius 3 is 2.57 bits per heavy atom. The van der Waals surface area contributed by atoms with Gasteiger partial charge in [-0.25, -0.2) is 0 Å². The van der Waals surface area contributed by atoms with E-state index in [1.807, 2.05) is 12.1 Å². The van der Waals surface area contributed by atoms with Gasteiger partial charge >= 0.3 is 0 Å². The van der Waals surface area contributed by atoms with Crippen LogP contribution in [0.4, 0.5) is 0 Å². The fourth-order valence-electron chi connectivity index (χ4n) is 4.55. The monoisotopic (exact) mass is 379 g/mol. The molecule has 2 aromatic carbocycles. The van der Waals surface area contributed by atoms with Gasteiger partial charge in [0.25, 0.3) is 0 Å². The van der Waals surface area contributed by atoms with Gasteiger partial charge in [-0.05, 0) is 65.8 Å². The Kier molecular flexibility index (Phi) is 5.17. The molecule has 0 saturated carbocycles. The van der Waals surface area contributed by atoms with E-state index in [9.17, 15) is 5.11 Å². The third kappa shape index (κ3) is 3.01. The first-order chi connectivity index (χ1) is 13.7. The molecule has 2 N–H and O–H groups in total. The molecule has 4 rings (SSSR count). The number of H-pyrrole nitrogens is 1. The fraction of sp³-hybridized carbons (Fsp3) is 0.417. The number of rotatable bonds is 6. The van der Waals surface area contributed by atoms with E-state index < -0.39 is 5.60 Å². The van der Waals surface area contributed by atoms with Crippen molar-refractivity contribution in [3.8, 4) is 16.9 Å². The van der Waals surface area contributed by atoms with Gasteiger partial charge in [-0.1, -0.05) is 26.0 Å². The van der Waals surface area contributed by atoms with Crippen LogP contribution in [0.15, 0.2) is 36.4 Å². The van der Waals surface area contributed by atoms with Gasteiger partial charge in [-0.3, -0.25) is 0 Å². The van der Waals surface area contributed by atoms with E-state index in [0.717, 1.165) is 30.7 Å². The molecule has 0 aliphatic carbocycles. The molecule has 1 aliphatic rings. The minimum absolute atomic E-state index is 0.125. The molecule has 2 heterocycles. The van der Waals surface area contributed by atoms with Crippen LogP contribution in [0.3, 0.4) is 0 Å². The standard InChI is InChI=1S/C24H29NO3/c1-4-16-14-18(17-6-8-19(27-3)9-7-17)15-21-20-10-13-28-24(5-2,11-12-26)23(20)25-22(16)21/h6-9,14-15,25-26H,4-5,10-13H2,1-3H3. The van der Waals surface area contributed by atoms with Crippen molar-refractivity contribution in [1.82, 2.24) is 4.98 Å². The number of hydrogen-bond donors (Lipinski definition) is 2. The highest BCUT2D eigenvalue weighted by Crippen LogP contribution is 2.43. The summed E-state index contributed by atoms with van der Waals surface area (Å²) in [6, 6.07) is 12.8. The summed E-state index contributed by atoms with van der Waals surface area (Å²) in [6.07, 6.45) is 3.33. The predicted octanol–water partition coefficient (Wildman–Crippen LogP) is 4.97. The maximum atomic E-state index is 9.65. The molecule has 0 radical (unpaired) electrons. The summed E-state index contributed by atoms with van der Waals surface area (Å²) in [5, 5.41) is 10.9. The highest BCUT2D eigenvalue weighted by molar-refractivity contribution is 5.92. The third-order valence-corrected chi connectivity index (χ3v) is 6.17. The van der Waals surface area contributed by atoms with Gasteiger partial charge in [-0.2, -0.15) is 0 Å². The number of aromatic amines is 1. The van der Waals surface area contributed by atoms with E-state index in [0.29, 0.717) is 13.0 Å². The van der Waals surface area contributed by atoms with Crippen molar-refractivity contribution in [1.29, 1.82) is 0 Å². The molecule has 1 atom stereocenters. The molecule has 0 saturated heterocycles. The lowest BCUT2D eigenvalue weighted by Crippen LogP contribution is -2.36. The molecule has 0 spiro atoms. The maximum Gasteiger partial charge on any atom is 0.118 e. The van der Waals surface area contributed by atoms with Crippen molar-refractivity contribution in [2.45, 2.75) is 45.1 Å². The summed E-state index contributed by atoms with van der Waals surface area (Å²) in [5.41, 5.74) is 7.04. The number of fused-ring (bicyclic) bond motifs is 3. The molecule has 4 nitrogen and oxygen atoms in total. The quantitative estimate of drug-likeness (QED) is 0.636. The molecule has 1 aromatic heterocycles. The lowest BCUT2D eigenvalue weighted by Gasteiger charge is -2.36. The summed E-state index contributed by atoms with van der Waals surface area (Å²) in [6.45, 7) is 5.16. The molecule has 28 heavy (non-hydrogen) atoms. The van der Waals surface area contributed by atoms with Crippen LogP contribution >= 0.6 is 0 Å². The molecule has 3 aromatic rings. The largest absolute Gasteiger partial charge is 0.497 e. The van der Waals surface area contributed by atoms with Gasteiger partial charge in [0, 0.05) is 23.9 Å². The lowest BCUT2D eigenvalue weighted by molar-refractivity contribution is -0.0795. The minimum Gasteiger partial charge on any atom is -0.497 e. The summed E-state index contributed by atoms with van der Waals surface area (Å²) < 4.78 is 11.5. The second-order valence-corrected chi connectivity index (χ2v) is 7.54. The van der Waals surface area contributed by atoms with Crippen LogP contribution in [0.5, 0.6) is 5.75 Å². The van der Waals surface area contributed by atoms with Gasteiger partial charge in [-0.15, -0.1) is 0 Å². The Balaban J connectivity index is 1.90. The zero-order chi connectivity index (χ0) is 19.7. The summed E-state index contributed by atoms with van der Waals surface area (Å²) in [4.78, 5) is 3.70. The minimum atomic E-state index is -0.410. The average molecular weight is 380 g/mol. The number of aliphatic hydroxyl groups excluding tert-OH is 1. The van der Waals surface area contributed by atoms with Gasteiger partial charge in [0.05, 0.1) is 19.4 Å². The molecule has 4 heteroatoms. The molecule has 0 amide bonds. The molecule has 0 bridgehead atoms. The Labute approximate surface area is 166 Å². The average Bonchev–Trinajstić information content (AvgIpc) is 3.13. The van der Waals surface area contributed by atoms with E-state index in [2.05, 4.69) is 43.1 Å². The molecule has 148 valence electrons. The highest BCUT2D eigenvalue weighted by Gasteiger charge is 2.38. The van der Waals surface area contributed by atoms with Crippen molar-refractivity contribution < 1.29 is 14.6 Å². The van der Waals surface area contributed by atoms with E-state index in [-0.39, 0.29) is 6.61 Å². The van der Waals surface area contributed by atoms with Crippen molar-refractivity contribution in [2.75, 3.05) is 20.3 Å². The molecule has 0 fully saturated rings. The molecular weight excluding hydrogens is 350 g/mol. The zero-order valence-corrected chi connectivity index (χ0v) is 17.0. The Morgan fingerprint density at radius 2 is 1.93 bits per heavy atom. The van der Waals surface area contributed by atoms with Crippen molar-refractivity contribution >= 4 is 10.9 Å². The Hall–Kier alpha value is -2.30. The number of aliphatic hydroxyl groups is 1. The Morgan fingerprint density at radius 1 is 1.14 bits per heavy atom. The van der Waals surface area contributed by atoms with Crippen molar-refractivity contribution in [2.24, 2.45) is 0 Å². The number of ether oxygens (including phenoxy) is 2. The van der Waals surface area contributed by atoms with Crippen molar-refractivity contribution in [3.63, 3.8) is 0 Å². The van der Waals surface area contributed by atoms with E-state index in [1.54, 1.807) is 7.11 Å². The number of aromatic nitrogens is 1. The van der Waals surface area contributed by atoms with Crippen LogP contribution in [-0.4, -0.2) is 30.4 Å². The second kappa shape index (κ2) is 7.61. The molecule has 1 aliphatic heterocycles. The molecule has 1 unspecified atom stereocenters. The third-order valence-electron chi connectivity index (χ3n) is 6.17. The fourth-order valence-corrected chi connectivity index (χ4v) is 4.55. The van der Waals surface area contributed by atoms with E-state index in [4.69, 9.17) is 9.47 Å². The van der Waals surface area contributed by atoms with Crippen LogP contribution in [0.1, 0.15) is 43.5 Å². The summed E-state index contributed by atoms with van der Waals surface area (Å²) in [7, 11) is 1.69. The number of hydrogen-bond acceptors (Lipinski definition) is 3. The van der Waals surface area contributed by atoms with Crippen LogP contribution in [0.25, 0.3) is 22.0 Å². The first-order valence-corrected chi connectivity index (χ1v) is 10.2. The van der Waals surface area contributed by atoms with Crippen LogP contribution in [0, 0.1) is 0 Å². The van der Waals surface area contributed by atoms with Crippen LogP contribution < -0.4 is 4.74 Å². The zero-order valence-electron chi connectivity index (χ0n) is 17.0. The van der Waals surface area contributed by atoms with E-state index in [1.165, 1.54) is 33.2 Å². The normalized spacial score (nSPS) is 19.0. The summed E-state index contributed by atoms with van der Waals surface area (Å²) in [5.74, 6) is 0.869. The SMILES string of the molecule is CCc1cc(-c2ccc(OC)cc2)cc2c3c([nH]c12)C(CC)(CCO)OCC3. The topological polar surface area (TPSA) is 54.5 Å². The number of benzene rings is 2. The van der Waals surface area contributed by atoms with Crippen LogP contribution in [0.2, 0.25) is 0 Å². The first kappa shape index (κ1) is 19.0. The maximum absolute atomic E-state index is 9.65. The molecular formula is C24H29NO3. The van der Waals surface area contributed by atoms with E-state index >= 15 is 0 Å². The lowest BCUT2D eigenvalue weighted by atomic mass is 9.86. The van der Waals surface area contributed by atoms with Crippen molar-refractivity contribution in [3.05, 3.63) is 53.2 Å². The smallest absolute Gasteiger partial charge is 0.118 e. The van der Waals surface area contributed by atoms with Gasteiger partial charge in [0.15, 0.2) is 0 Å². The van der Waals surface area contributed by atoms with Gasteiger partial charge < -0.3 is 19.6 Å².